The van der Waals surface area contributed by atoms with Crippen molar-refractivity contribution in [2.75, 3.05) is 9.80 Å². The zero-order chi connectivity index (χ0) is 52.1. The molecule has 3 atom stereocenters. The van der Waals surface area contributed by atoms with Gasteiger partial charge in [-0.15, -0.1) is 0 Å². The summed E-state index contributed by atoms with van der Waals surface area (Å²) in [5.74, 6) is 1.28. The number of hydrogen-bond acceptors (Lipinski definition) is 2. The fraction of sp³-hybridized carbons (Fsp3) is 0.108. The zero-order valence-electron chi connectivity index (χ0n) is 44.1. The summed E-state index contributed by atoms with van der Waals surface area (Å²) < 4.78 is 4.88. The molecule has 0 saturated carbocycles. The van der Waals surface area contributed by atoms with Crippen LogP contribution in [0.2, 0.25) is 0 Å². The molecule has 0 fully saturated rings. The van der Waals surface area contributed by atoms with E-state index in [9.17, 15) is 0 Å². The summed E-state index contributed by atoms with van der Waals surface area (Å²) in [6.07, 6.45) is 23.9. The highest BCUT2D eigenvalue weighted by Gasteiger charge is 2.24. The zero-order valence-corrected chi connectivity index (χ0v) is 44.1. The molecule has 0 spiro atoms. The van der Waals surface area contributed by atoms with E-state index in [-0.39, 0.29) is 0 Å². The van der Waals surface area contributed by atoms with Crippen molar-refractivity contribution < 1.29 is 0 Å². The molecule has 9 aromatic carbocycles. The Morgan fingerprint density at radius 1 is 0.423 bits per heavy atom. The van der Waals surface area contributed by atoms with Crippen LogP contribution in [0, 0.1) is 11.8 Å². The van der Waals surface area contributed by atoms with E-state index in [1.807, 2.05) is 0 Å². The van der Waals surface area contributed by atoms with Gasteiger partial charge in [0.05, 0.1) is 22.1 Å². The molecule has 14 rings (SSSR count). The van der Waals surface area contributed by atoms with E-state index in [2.05, 4.69) is 306 Å². The van der Waals surface area contributed by atoms with Crippen molar-refractivity contribution in [1.82, 2.24) is 9.13 Å². The molecule has 0 saturated heterocycles. The van der Waals surface area contributed by atoms with Crippen molar-refractivity contribution in [2.24, 2.45) is 11.8 Å². The van der Waals surface area contributed by atoms with E-state index >= 15 is 0 Å². The molecule has 11 aromatic rings. The van der Waals surface area contributed by atoms with E-state index < -0.39 is 0 Å². The van der Waals surface area contributed by atoms with Gasteiger partial charge in [-0.3, -0.25) is 0 Å². The SMILES string of the molecule is CC1C=C(c2ccc(N(c3ccc(-c4ccc(N(C5=CCC(c6ccccc6)C=C5)c5ccc6c(c5)c5ccccc5n6-c5ccccc5)cc4)cc3)c3ccc4c(c3)c3ccccc3n4C3=CC=CCC3C)cc2)C=CC1. The number of benzene rings is 9. The van der Waals surface area contributed by atoms with E-state index in [1.54, 1.807) is 0 Å². The molecule has 3 aliphatic rings. The molecule has 0 amide bonds. The van der Waals surface area contributed by atoms with Crippen molar-refractivity contribution in [3.05, 3.63) is 290 Å². The van der Waals surface area contributed by atoms with Crippen molar-refractivity contribution in [1.29, 1.82) is 0 Å². The van der Waals surface area contributed by atoms with Crippen LogP contribution in [0.1, 0.15) is 50.2 Å². The second kappa shape index (κ2) is 20.0. The van der Waals surface area contributed by atoms with Gasteiger partial charge in [-0.25, -0.2) is 0 Å². The maximum Gasteiger partial charge on any atom is 0.0542 e. The Hall–Kier alpha value is -9.38. The molecule has 4 nitrogen and oxygen atoms in total. The third kappa shape index (κ3) is 8.51. The van der Waals surface area contributed by atoms with Crippen LogP contribution in [0.3, 0.4) is 0 Å². The summed E-state index contributed by atoms with van der Waals surface area (Å²) in [7, 11) is 0. The molecule has 4 heteroatoms. The molecular weight excluding hydrogens is 945 g/mol. The highest BCUT2D eigenvalue weighted by atomic mass is 15.2. The van der Waals surface area contributed by atoms with Crippen LogP contribution in [0.5, 0.6) is 0 Å². The van der Waals surface area contributed by atoms with Crippen LogP contribution in [-0.4, -0.2) is 9.13 Å². The number of allylic oxidation sites excluding steroid dienone is 11. The minimum atomic E-state index is 0.333. The van der Waals surface area contributed by atoms with Crippen LogP contribution in [-0.2, 0) is 0 Å². The van der Waals surface area contributed by atoms with Gasteiger partial charge >= 0.3 is 0 Å². The molecular formula is C74H60N4. The topological polar surface area (TPSA) is 16.3 Å². The molecule has 2 heterocycles. The van der Waals surface area contributed by atoms with Crippen LogP contribution in [0.4, 0.5) is 28.4 Å². The molecule has 3 unspecified atom stereocenters. The standard InChI is InChI=1S/C74H60N4/c1-51-16-15-20-58(48-51)57-34-42-63(43-35-57)76(65-45-47-74-69(50-65)67-24-11-14-27-72(67)78(74)70-25-12-9-17-52(70)2)62-40-32-56(33-41-62)55-30-38-61(39-31-55)75(60-36-28-54(29-37-60)53-18-5-3-6-19-53)64-44-46-73-68(49-64)66-23-10-13-26-71(66)77(73)59-21-7-4-8-22-59/h3-15,18-28,30-52,54H,16-17,29H2,1-2H3. The van der Waals surface area contributed by atoms with Gasteiger partial charge in [0.15, 0.2) is 0 Å². The highest BCUT2D eigenvalue weighted by Crippen LogP contribution is 2.44. The molecule has 78 heavy (non-hydrogen) atoms. The van der Waals surface area contributed by atoms with E-state index in [0.717, 1.165) is 59.0 Å². The summed E-state index contributed by atoms with van der Waals surface area (Å²) in [6.45, 7) is 4.63. The Morgan fingerprint density at radius 3 is 1.55 bits per heavy atom. The maximum atomic E-state index is 2.49. The average molecular weight is 1010 g/mol. The first-order chi connectivity index (χ1) is 38.5. The number of anilines is 5. The number of para-hydroxylation sites is 3. The Morgan fingerprint density at radius 2 is 0.949 bits per heavy atom. The Kier molecular flexibility index (Phi) is 12.1. The summed E-state index contributed by atoms with van der Waals surface area (Å²) >= 11 is 0. The normalized spacial score (nSPS) is 17.2. The van der Waals surface area contributed by atoms with E-state index in [0.29, 0.717) is 17.8 Å². The van der Waals surface area contributed by atoms with Crippen molar-refractivity contribution in [2.45, 2.75) is 39.0 Å². The Bertz CT molecular complexity index is 4240. The monoisotopic (exact) mass is 1000 g/mol. The van der Waals surface area contributed by atoms with Gasteiger partial charge in [0.2, 0.25) is 0 Å². The average Bonchev–Trinajstić information content (AvgIpc) is 4.25. The summed E-state index contributed by atoms with van der Waals surface area (Å²) in [5, 5.41) is 4.98. The fourth-order valence-corrected chi connectivity index (χ4v) is 12.4. The third-order valence-electron chi connectivity index (χ3n) is 16.4. The number of fused-ring (bicyclic) bond motifs is 6. The second-order valence-corrected chi connectivity index (χ2v) is 21.4. The molecule has 0 radical (unpaired) electrons. The number of aromatic nitrogens is 2. The lowest BCUT2D eigenvalue weighted by molar-refractivity contribution is 0.725. The number of nitrogens with zero attached hydrogens (tertiary/aromatic N) is 4. The van der Waals surface area contributed by atoms with Gasteiger partial charge in [0.25, 0.3) is 0 Å². The molecule has 2 aromatic heterocycles. The lowest BCUT2D eigenvalue weighted by atomic mass is 9.91. The van der Waals surface area contributed by atoms with Gasteiger partial charge in [-0.2, -0.15) is 0 Å². The van der Waals surface area contributed by atoms with Crippen molar-refractivity contribution in [3.8, 4) is 16.8 Å². The first-order valence-corrected chi connectivity index (χ1v) is 27.7. The Balaban J connectivity index is 0.832. The molecule has 0 N–H and O–H groups in total. The lowest BCUT2D eigenvalue weighted by Gasteiger charge is -2.29. The van der Waals surface area contributed by atoms with Crippen molar-refractivity contribution in [3.63, 3.8) is 0 Å². The van der Waals surface area contributed by atoms with Gasteiger partial charge in [0.1, 0.15) is 0 Å². The Labute approximate surface area is 457 Å². The van der Waals surface area contributed by atoms with Crippen molar-refractivity contribution >= 4 is 83.3 Å². The molecule has 0 bridgehead atoms. The molecule has 0 aliphatic heterocycles. The second-order valence-electron chi connectivity index (χ2n) is 21.4. The highest BCUT2D eigenvalue weighted by molar-refractivity contribution is 6.12. The molecule has 376 valence electrons. The van der Waals surface area contributed by atoms with Crippen LogP contribution >= 0.6 is 0 Å². The van der Waals surface area contributed by atoms with Gasteiger partial charge in [-0.1, -0.05) is 178 Å². The van der Waals surface area contributed by atoms with Gasteiger partial charge in [0, 0.05) is 78.9 Å². The summed E-state index contributed by atoms with van der Waals surface area (Å²) in [6, 6.07) is 80.7. The summed E-state index contributed by atoms with van der Waals surface area (Å²) in [5.41, 5.74) is 20.3. The van der Waals surface area contributed by atoms with E-state index in [4.69, 9.17) is 0 Å². The predicted molar refractivity (Wildman–Crippen MR) is 332 cm³/mol. The minimum Gasteiger partial charge on any atom is -0.313 e. The third-order valence-corrected chi connectivity index (χ3v) is 16.4. The predicted octanol–water partition coefficient (Wildman–Crippen LogP) is 20.2. The first kappa shape index (κ1) is 47.1. The van der Waals surface area contributed by atoms with Crippen LogP contribution in [0.15, 0.2) is 279 Å². The lowest BCUT2D eigenvalue weighted by Crippen LogP contribution is -2.17. The maximum absolute atomic E-state index is 2.49. The number of rotatable bonds is 11. The largest absolute Gasteiger partial charge is 0.313 e. The van der Waals surface area contributed by atoms with Gasteiger partial charge in [-0.05, 0) is 162 Å². The fourth-order valence-electron chi connectivity index (χ4n) is 12.4. The minimum absolute atomic E-state index is 0.333. The smallest absolute Gasteiger partial charge is 0.0542 e. The first-order valence-electron chi connectivity index (χ1n) is 27.7. The van der Waals surface area contributed by atoms with Crippen LogP contribution in [0.25, 0.3) is 71.7 Å². The number of hydrogen-bond donors (Lipinski definition) is 0. The summed E-state index contributed by atoms with van der Waals surface area (Å²) in [4.78, 5) is 4.85. The van der Waals surface area contributed by atoms with Gasteiger partial charge < -0.3 is 18.9 Å². The molecule has 3 aliphatic carbocycles. The quantitative estimate of drug-likeness (QED) is 0.128. The van der Waals surface area contributed by atoms with E-state index in [1.165, 1.54) is 77.3 Å². The van der Waals surface area contributed by atoms with Crippen LogP contribution < -0.4 is 9.80 Å².